The summed E-state index contributed by atoms with van der Waals surface area (Å²) in [4.78, 5) is 10.1. The number of hydrogen-bond donors (Lipinski definition) is 0. The fraction of sp³-hybridized carbons (Fsp3) is 0.292. The molecule has 0 aromatic heterocycles. The summed E-state index contributed by atoms with van der Waals surface area (Å²) in [6.07, 6.45) is 1.79. The highest BCUT2D eigenvalue weighted by Gasteiger charge is 2.34. The molecule has 0 N–H and O–H groups in total. The summed E-state index contributed by atoms with van der Waals surface area (Å²) < 4.78 is 11.6. The van der Waals surface area contributed by atoms with Gasteiger partial charge in [-0.2, -0.15) is 5.10 Å². The second-order valence-corrected chi connectivity index (χ2v) is 8.04. The number of ether oxygens (including phenoxy) is 2. The van der Waals surface area contributed by atoms with Gasteiger partial charge in [-0.25, -0.2) is 10.0 Å². The molecule has 2 aliphatic heterocycles. The summed E-state index contributed by atoms with van der Waals surface area (Å²) in [6.45, 7) is 10.3. The van der Waals surface area contributed by atoms with Crippen molar-refractivity contribution in [1.82, 2.24) is 5.01 Å². The van der Waals surface area contributed by atoms with E-state index in [1.165, 1.54) is 0 Å². The molecule has 2 aliphatic rings. The fourth-order valence-electron chi connectivity index (χ4n) is 3.68. The van der Waals surface area contributed by atoms with Crippen molar-refractivity contribution in [3.63, 3.8) is 0 Å². The van der Waals surface area contributed by atoms with Crippen LogP contribution < -0.4 is 9.47 Å². The summed E-state index contributed by atoms with van der Waals surface area (Å²) in [7, 11) is 1.62. The highest BCUT2D eigenvalue weighted by Crippen LogP contribution is 2.40. The molecule has 2 aromatic carbocycles. The van der Waals surface area contributed by atoms with Gasteiger partial charge in [-0.3, -0.25) is 4.99 Å². The van der Waals surface area contributed by atoms with Gasteiger partial charge in [0, 0.05) is 22.2 Å². The van der Waals surface area contributed by atoms with Crippen molar-refractivity contribution in [2.45, 2.75) is 32.9 Å². The minimum absolute atomic E-state index is 0.0124. The Labute approximate surface area is 187 Å². The third-order valence-corrected chi connectivity index (χ3v) is 5.34. The largest absolute Gasteiger partial charge is 0.493 e. The van der Waals surface area contributed by atoms with Crippen LogP contribution in [0, 0.1) is 0 Å². The predicted octanol–water partition coefficient (Wildman–Crippen LogP) is 5.26. The van der Waals surface area contributed by atoms with Gasteiger partial charge in [-0.15, -0.1) is 6.58 Å². The number of rotatable bonds is 6. The Bertz CT molecular complexity index is 1120. The number of amidine groups is 1. The van der Waals surface area contributed by atoms with Crippen LogP contribution >= 0.6 is 11.6 Å². The van der Waals surface area contributed by atoms with E-state index >= 15 is 0 Å². The fourth-order valence-corrected chi connectivity index (χ4v) is 3.90. The monoisotopic (exact) mass is 436 g/mol. The molecule has 31 heavy (non-hydrogen) atoms. The van der Waals surface area contributed by atoms with Crippen LogP contribution in [0.25, 0.3) is 0 Å². The maximum Gasteiger partial charge on any atom is 0.162 e. The first kappa shape index (κ1) is 21.1. The maximum absolute atomic E-state index is 6.59. The van der Waals surface area contributed by atoms with E-state index < -0.39 is 0 Å². The SMILES string of the molecule is C=CCN1N=C(C)C2N=C(c3ccccc3Cl)c3cc(OC(C)C)c(OC)cc3N=C21. The zero-order chi connectivity index (χ0) is 22.1. The number of nitrogens with zero attached hydrogens (tertiary/aromatic N) is 4. The Morgan fingerprint density at radius 2 is 1.97 bits per heavy atom. The van der Waals surface area contributed by atoms with Crippen molar-refractivity contribution in [3.05, 3.63) is 65.2 Å². The van der Waals surface area contributed by atoms with Gasteiger partial charge in [0.1, 0.15) is 6.04 Å². The predicted molar refractivity (Wildman–Crippen MR) is 127 cm³/mol. The van der Waals surface area contributed by atoms with Crippen LogP contribution in [0.5, 0.6) is 11.5 Å². The minimum Gasteiger partial charge on any atom is -0.493 e. The Morgan fingerprint density at radius 3 is 2.65 bits per heavy atom. The summed E-state index contributed by atoms with van der Waals surface area (Å²) in [5, 5.41) is 7.09. The Morgan fingerprint density at radius 1 is 1.19 bits per heavy atom. The lowest BCUT2D eigenvalue weighted by molar-refractivity contribution is 0.230. The molecule has 0 spiro atoms. The zero-order valence-corrected chi connectivity index (χ0v) is 18.8. The highest BCUT2D eigenvalue weighted by atomic mass is 35.5. The van der Waals surface area contributed by atoms with Crippen molar-refractivity contribution in [2.24, 2.45) is 15.1 Å². The van der Waals surface area contributed by atoms with Crippen LogP contribution in [0.15, 0.2) is 64.1 Å². The number of halogens is 1. The molecule has 1 atom stereocenters. The van der Waals surface area contributed by atoms with Crippen LogP contribution in [0.2, 0.25) is 5.02 Å². The maximum atomic E-state index is 6.59. The summed E-state index contributed by atoms with van der Waals surface area (Å²) in [5.41, 5.74) is 4.00. The molecule has 6 nitrogen and oxygen atoms in total. The lowest BCUT2D eigenvalue weighted by atomic mass is 9.99. The van der Waals surface area contributed by atoms with E-state index in [9.17, 15) is 0 Å². The average molecular weight is 437 g/mol. The molecule has 0 saturated carbocycles. The van der Waals surface area contributed by atoms with Crippen LogP contribution in [-0.2, 0) is 0 Å². The number of methoxy groups -OCH3 is 1. The number of fused-ring (bicyclic) bond motifs is 2. The van der Waals surface area contributed by atoms with Crippen molar-refractivity contribution in [1.29, 1.82) is 0 Å². The minimum atomic E-state index is -0.306. The molecule has 0 fully saturated rings. The Hall–Kier alpha value is -3.12. The second-order valence-electron chi connectivity index (χ2n) is 7.63. The van der Waals surface area contributed by atoms with Crippen LogP contribution in [0.4, 0.5) is 5.69 Å². The lowest BCUT2D eigenvalue weighted by Crippen LogP contribution is -2.30. The number of aliphatic imine (C=N–C) groups is 2. The standard InChI is InChI=1S/C24H25ClN4O2/c1-6-11-29-24-22(15(4)28-29)27-23(16-9-7-8-10-18(16)25)17-12-21(31-14(2)3)20(30-5)13-19(17)26-24/h6-10,12-14,22H,1,11H2,2-5H3. The van der Waals surface area contributed by atoms with Gasteiger partial charge in [0.05, 0.1) is 36.9 Å². The van der Waals surface area contributed by atoms with Gasteiger partial charge < -0.3 is 9.47 Å². The van der Waals surface area contributed by atoms with E-state index in [4.69, 9.17) is 31.1 Å². The van der Waals surface area contributed by atoms with E-state index in [-0.39, 0.29) is 12.1 Å². The van der Waals surface area contributed by atoms with E-state index in [0.717, 1.165) is 34.1 Å². The van der Waals surface area contributed by atoms with E-state index in [0.29, 0.717) is 23.1 Å². The molecule has 160 valence electrons. The quantitative estimate of drug-likeness (QED) is 0.580. The first-order valence-electron chi connectivity index (χ1n) is 10.2. The first-order valence-corrected chi connectivity index (χ1v) is 10.5. The second kappa shape index (κ2) is 8.55. The van der Waals surface area contributed by atoms with E-state index in [1.54, 1.807) is 13.2 Å². The summed E-state index contributed by atoms with van der Waals surface area (Å²) in [6, 6.07) is 11.2. The third kappa shape index (κ3) is 3.95. The zero-order valence-electron chi connectivity index (χ0n) is 18.1. The molecule has 1 unspecified atom stereocenters. The van der Waals surface area contributed by atoms with Crippen molar-refractivity contribution < 1.29 is 9.47 Å². The summed E-state index contributed by atoms with van der Waals surface area (Å²) in [5.74, 6) is 2.00. The molecule has 0 bridgehead atoms. The van der Waals surface area contributed by atoms with Gasteiger partial charge in [-0.1, -0.05) is 35.9 Å². The Balaban J connectivity index is 1.98. The number of hydrogen-bond acceptors (Lipinski definition) is 6. The van der Waals surface area contributed by atoms with Gasteiger partial charge >= 0.3 is 0 Å². The van der Waals surface area contributed by atoms with Gasteiger partial charge in [-0.05, 0) is 32.9 Å². The van der Waals surface area contributed by atoms with Crippen molar-refractivity contribution in [2.75, 3.05) is 13.7 Å². The van der Waals surface area contributed by atoms with Crippen LogP contribution in [0.3, 0.4) is 0 Å². The van der Waals surface area contributed by atoms with Gasteiger partial charge in [0.15, 0.2) is 17.3 Å². The third-order valence-electron chi connectivity index (χ3n) is 5.01. The molecule has 0 amide bonds. The van der Waals surface area contributed by atoms with E-state index in [2.05, 4.69) is 11.7 Å². The highest BCUT2D eigenvalue weighted by molar-refractivity contribution is 6.36. The lowest BCUT2D eigenvalue weighted by Gasteiger charge is -2.17. The molecule has 7 heteroatoms. The van der Waals surface area contributed by atoms with Gasteiger partial charge in [0.25, 0.3) is 0 Å². The molecule has 2 heterocycles. The topological polar surface area (TPSA) is 58.8 Å². The van der Waals surface area contributed by atoms with Crippen LogP contribution in [-0.4, -0.2) is 48.1 Å². The molecule has 0 saturated heterocycles. The molecule has 0 radical (unpaired) electrons. The molecule has 0 aliphatic carbocycles. The van der Waals surface area contributed by atoms with Gasteiger partial charge in [0.2, 0.25) is 0 Å². The van der Waals surface area contributed by atoms with Crippen LogP contribution in [0.1, 0.15) is 31.9 Å². The Kier molecular flexibility index (Phi) is 5.83. The molecule has 4 rings (SSSR count). The number of hydrazone groups is 1. The first-order chi connectivity index (χ1) is 14.9. The smallest absolute Gasteiger partial charge is 0.162 e. The molecular weight excluding hydrogens is 412 g/mol. The van der Waals surface area contributed by atoms with Crippen molar-refractivity contribution >= 4 is 34.5 Å². The van der Waals surface area contributed by atoms with E-state index in [1.807, 2.05) is 62.2 Å². The normalized spacial score (nSPS) is 17.3. The average Bonchev–Trinajstić information content (AvgIpc) is 2.91. The van der Waals surface area contributed by atoms with Crippen molar-refractivity contribution in [3.8, 4) is 11.5 Å². The molecule has 2 aromatic rings. The molecular formula is C24H25ClN4O2. The number of benzene rings is 2. The summed E-state index contributed by atoms with van der Waals surface area (Å²) >= 11 is 6.59.